The molecule has 0 aliphatic carbocycles. The summed E-state index contributed by atoms with van der Waals surface area (Å²) < 4.78 is 7.04. The molecule has 0 fully saturated rings. The van der Waals surface area contributed by atoms with Gasteiger partial charge >= 0.3 is 0 Å². The smallest absolute Gasteiger partial charge is 0.270 e. The van der Waals surface area contributed by atoms with Crippen molar-refractivity contribution in [3.8, 4) is 5.75 Å². The average molecular weight is 605 g/mol. The van der Waals surface area contributed by atoms with E-state index in [9.17, 15) is 19.7 Å². The molecule has 2 amide bonds. The highest BCUT2D eigenvalue weighted by molar-refractivity contribution is 8.00. The molecule has 0 radical (unpaired) electrons. The standard InChI is InChI=1S/C29H24N4O5S3/c1-38-25-12-10-21(33(36)37)13-19(25)15-40-29-32-24-11-9-20(14-26(24)41-29)30-27(34)16-39-17-28(35)31-23-8-4-6-18-5-2-3-7-22(18)23/h2-14H,15-17H2,1H3,(H,30,34)(H,31,35). The number of thiazole rings is 1. The van der Waals surface area contributed by atoms with Crippen molar-refractivity contribution >= 4 is 84.7 Å². The van der Waals surface area contributed by atoms with Crippen LogP contribution in [0.15, 0.2) is 83.2 Å². The van der Waals surface area contributed by atoms with Gasteiger partial charge in [0.2, 0.25) is 11.8 Å². The molecule has 5 aromatic rings. The SMILES string of the molecule is COc1ccc([N+](=O)[O-])cc1CSc1nc2ccc(NC(=O)CSCC(=O)Nc3cccc4ccccc34)cc2s1. The summed E-state index contributed by atoms with van der Waals surface area (Å²) >= 11 is 4.17. The van der Waals surface area contributed by atoms with Crippen LogP contribution in [0.5, 0.6) is 5.75 Å². The minimum absolute atomic E-state index is 0.00897. The number of nitrogens with one attached hydrogen (secondary N) is 2. The van der Waals surface area contributed by atoms with Crippen LogP contribution < -0.4 is 15.4 Å². The van der Waals surface area contributed by atoms with E-state index in [1.165, 1.54) is 54.1 Å². The molecule has 0 aliphatic heterocycles. The van der Waals surface area contributed by atoms with Crippen molar-refractivity contribution in [2.24, 2.45) is 0 Å². The summed E-state index contributed by atoms with van der Waals surface area (Å²) in [6.07, 6.45) is 0. The van der Waals surface area contributed by atoms with E-state index in [1.54, 1.807) is 12.1 Å². The highest BCUT2D eigenvalue weighted by Gasteiger charge is 2.14. The summed E-state index contributed by atoms with van der Waals surface area (Å²) in [7, 11) is 1.53. The number of nitrogens with zero attached hydrogens (tertiary/aromatic N) is 2. The van der Waals surface area contributed by atoms with Gasteiger partial charge in [-0.1, -0.05) is 48.2 Å². The van der Waals surface area contributed by atoms with Gasteiger partial charge in [-0.2, -0.15) is 0 Å². The first-order chi connectivity index (χ1) is 19.9. The van der Waals surface area contributed by atoms with Crippen molar-refractivity contribution in [2.45, 2.75) is 10.1 Å². The van der Waals surface area contributed by atoms with Crippen LogP contribution in [0, 0.1) is 10.1 Å². The zero-order chi connectivity index (χ0) is 28.8. The summed E-state index contributed by atoms with van der Waals surface area (Å²) in [4.78, 5) is 40.3. The van der Waals surface area contributed by atoms with Gasteiger partial charge in [-0.25, -0.2) is 4.98 Å². The number of nitro benzene ring substituents is 1. The van der Waals surface area contributed by atoms with Crippen molar-refractivity contribution in [3.05, 3.63) is 94.5 Å². The van der Waals surface area contributed by atoms with E-state index in [1.807, 2.05) is 54.6 Å². The van der Waals surface area contributed by atoms with Gasteiger partial charge in [0.15, 0.2) is 4.34 Å². The molecule has 1 aromatic heterocycles. The third-order valence-electron chi connectivity index (χ3n) is 6.01. The monoisotopic (exact) mass is 604 g/mol. The second kappa shape index (κ2) is 13.0. The fourth-order valence-electron chi connectivity index (χ4n) is 4.13. The van der Waals surface area contributed by atoms with Crippen LogP contribution in [-0.4, -0.2) is 40.3 Å². The fourth-order valence-corrected chi connectivity index (χ4v) is 6.83. The van der Waals surface area contributed by atoms with E-state index >= 15 is 0 Å². The summed E-state index contributed by atoms with van der Waals surface area (Å²) in [6, 6.07) is 23.6. The van der Waals surface area contributed by atoms with E-state index in [2.05, 4.69) is 15.6 Å². The topological polar surface area (TPSA) is 123 Å². The van der Waals surface area contributed by atoms with Gasteiger partial charge in [-0.05, 0) is 35.7 Å². The Bertz CT molecular complexity index is 1750. The van der Waals surface area contributed by atoms with Crippen LogP contribution in [0.25, 0.3) is 21.0 Å². The molecule has 41 heavy (non-hydrogen) atoms. The van der Waals surface area contributed by atoms with Gasteiger partial charge in [0.05, 0.1) is 33.8 Å². The van der Waals surface area contributed by atoms with E-state index in [4.69, 9.17) is 4.74 Å². The number of carbonyl (C=O) groups excluding carboxylic acids is 2. The number of anilines is 2. The highest BCUT2D eigenvalue weighted by atomic mass is 32.2. The highest BCUT2D eigenvalue weighted by Crippen LogP contribution is 2.35. The lowest BCUT2D eigenvalue weighted by Gasteiger charge is -2.09. The number of amides is 2. The molecule has 9 nitrogen and oxygen atoms in total. The van der Waals surface area contributed by atoms with Crippen LogP contribution in [0.2, 0.25) is 0 Å². The number of hydrogen-bond acceptors (Lipinski definition) is 9. The summed E-state index contributed by atoms with van der Waals surface area (Å²) in [5.74, 6) is 0.955. The van der Waals surface area contributed by atoms with Crippen LogP contribution in [0.1, 0.15) is 5.56 Å². The van der Waals surface area contributed by atoms with Crippen molar-refractivity contribution in [1.29, 1.82) is 0 Å². The van der Waals surface area contributed by atoms with Gasteiger partial charge < -0.3 is 15.4 Å². The Kier molecular flexibility index (Phi) is 9.02. The minimum atomic E-state index is -0.430. The quantitative estimate of drug-likeness (QED) is 0.0941. The molecule has 2 N–H and O–H groups in total. The number of ether oxygens (including phenoxy) is 1. The molecule has 0 bridgehead atoms. The minimum Gasteiger partial charge on any atom is -0.496 e. The van der Waals surface area contributed by atoms with Crippen molar-refractivity contribution in [3.63, 3.8) is 0 Å². The number of nitro groups is 1. The van der Waals surface area contributed by atoms with Crippen LogP contribution >= 0.6 is 34.9 Å². The third kappa shape index (κ3) is 7.15. The average Bonchev–Trinajstić information content (AvgIpc) is 3.38. The van der Waals surface area contributed by atoms with E-state index in [-0.39, 0.29) is 29.0 Å². The lowest BCUT2D eigenvalue weighted by Crippen LogP contribution is -2.18. The Morgan fingerprint density at radius 2 is 1.76 bits per heavy atom. The molecule has 4 aromatic carbocycles. The van der Waals surface area contributed by atoms with Gasteiger partial charge in [-0.15, -0.1) is 23.1 Å². The molecule has 5 rings (SSSR count). The number of carbonyl (C=O) groups is 2. The molecular formula is C29H24N4O5S3. The van der Waals surface area contributed by atoms with E-state index < -0.39 is 4.92 Å². The Morgan fingerprint density at radius 1 is 0.976 bits per heavy atom. The molecule has 0 spiro atoms. The van der Waals surface area contributed by atoms with Crippen LogP contribution in [-0.2, 0) is 15.3 Å². The molecule has 0 atom stereocenters. The second-order valence-corrected chi connectivity index (χ2v) is 12.1. The summed E-state index contributed by atoms with van der Waals surface area (Å²) in [6.45, 7) is 0. The lowest BCUT2D eigenvalue weighted by atomic mass is 10.1. The molecule has 0 aliphatic rings. The number of rotatable bonds is 11. The molecule has 0 saturated carbocycles. The third-order valence-corrected chi connectivity index (χ3v) is 9.15. The molecule has 1 heterocycles. The number of non-ortho nitro benzene ring substituents is 1. The predicted octanol–water partition coefficient (Wildman–Crippen LogP) is 6.97. The van der Waals surface area contributed by atoms with Crippen LogP contribution in [0.3, 0.4) is 0 Å². The van der Waals surface area contributed by atoms with Gasteiger partial charge in [0.25, 0.3) is 5.69 Å². The number of methoxy groups -OCH3 is 1. The van der Waals surface area contributed by atoms with Crippen LogP contribution in [0.4, 0.5) is 17.1 Å². The fraction of sp³-hybridized carbons (Fsp3) is 0.138. The summed E-state index contributed by atoms with van der Waals surface area (Å²) in [5.41, 5.74) is 2.90. The lowest BCUT2D eigenvalue weighted by molar-refractivity contribution is -0.384. The molecule has 12 heteroatoms. The zero-order valence-corrected chi connectivity index (χ0v) is 24.2. The molecule has 208 valence electrons. The molecule has 0 saturated heterocycles. The maximum Gasteiger partial charge on any atom is 0.270 e. The molecular weight excluding hydrogens is 581 g/mol. The number of fused-ring (bicyclic) bond motifs is 2. The number of hydrogen-bond donors (Lipinski definition) is 2. The van der Waals surface area contributed by atoms with Gasteiger partial charge in [0, 0.05) is 40.2 Å². The first kappa shape index (κ1) is 28.4. The Hall–Kier alpha value is -4.13. The van der Waals surface area contributed by atoms with Gasteiger partial charge in [-0.3, -0.25) is 19.7 Å². The second-order valence-electron chi connectivity index (χ2n) is 8.82. The largest absolute Gasteiger partial charge is 0.496 e. The Labute approximate surface area is 247 Å². The van der Waals surface area contributed by atoms with E-state index in [0.29, 0.717) is 22.8 Å². The van der Waals surface area contributed by atoms with Crippen molar-refractivity contribution < 1.29 is 19.2 Å². The maximum atomic E-state index is 12.5. The first-order valence-electron chi connectivity index (χ1n) is 12.4. The Morgan fingerprint density at radius 3 is 2.56 bits per heavy atom. The van der Waals surface area contributed by atoms with Crippen molar-refractivity contribution in [1.82, 2.24) is 4.98 Å². The predicted molar refractivity (Wildman–Crippen MR) is 167 cm³/mol. The Balaban J connectivity index is 1.13. The number of aromatic nitrogens is 1. The first-order valence-corrected chi connectivity index (χ1v) is 15.3. The zero-order valence-electron chi connectivity index (χ0n) is 21.8. The maximum absolute atomic E-state index is 12.5. The van der Waals surface area contributed by atoms with Gasteiger partial charge in [0.1, 0.15) is 5.75 Å². The number of benzene rings is 4. The van der Waals surface area contributed by atoms with Crippen molar-refractivity contribution in [2.75, 3.05) is 29.2 Å². The number of thioether (sulfide) groups is 2. The summed E-state index contributed by atoms with van der Waals surface area (Å²) in [5, 5.41) is 19.0. The molecule has 0 unspecified atom stereocenters. The van der Waals surface area contributed by atoms with E-state index in [0.717, 1.165) is 31.0 Å². The normalized spacial score (nSPS) is 11.0.